The molecule has 2 rings (SSSR count). The number of rotatable bonds is 4. The number of carbonyl (C=O) groups excluding carboxylic acids is 1. The topological polar surface area (TPSA) is 32.3 Å². The number of carbonyl (C=O) groups is 1. The zero-order valence-corrected chi connectivity index (χ0v) is 13.8. The van der Waals surface area contributed by atoms with Crippen LogP contribution in [0.5, 0.6) is 0 Å². The van der Waals surface area contributed by atoms with Gasteiger partial charge in [0, 0.05) is 11.7 Å². The third-order valence-electron chi connectivity index (χ3n) is 4.67. The summed E-state index contributed by atoms with van der Waals surface area (Å²) in [6, 6.07) is 6.72. The number of benzene rings is 1. The number of amides is 1. The Morgan fingerprint density at radius 2 is 1.90 bits per heavy atom. The van der Waals surface area contributed by atoms with Crippen LogP contribution in [0.3, 0.4) is 0 Å². The summed E-state index contributed by atoms with van der Waals surface area (Å²) in [5.41, 5.74) is 3.22. The highest BCUT2D eigenvalue weighted by Gasteiger charge is 2.22. The maximum absolute atomic E-state index is 12.2. The molecule has 1 aromatic rings. The molecule has 1 aliphatic rings. The standard InChI is InChI=1S/C18H28N2O/c1-13-6-9-16(10-7-13)20(4)12-18(21)19-17-11-14(2)5-8-15(17)3/h5,8,11,13,16H,6-7,9-10,12H2,1-4H3,(H,19,21). The van der Waals surface area contributed by atoms with Crippen LogP contribution in [0.4, 0.5) is 5.69 Å². The van der Waals surface area contributed by atoms with Crippen molar-refractivity contribution in [2.24, 2.45) is 5.92 Å². The van der Waals surface area contributed by atoms with Gasteiger partial charge in [-0.05, 0) is 69.7 Å². The van der Waals surface area contributed by atoms with Gasteiger partial charge in [0.15, 0.2) is 0 Å². The van der Waals surface area contributed by atoms with Crippen LogP contribution < -0.4 is 5.32 Å². The smallest absolute Gasteiger partial charge is 0.238 e. The van der Waals surface area contributed by atoms with Gasteiger partial charge in [0.25, 0.3) is 0 Å². The highest BCUT2D eigenvalue weighted by Crippen LogP contribution is 2.26. The summed E-state index contributed by atoms with van der Waals surface area (Å²) in [4.78, 5) is 14.5. The van der Waals surface area contributed by atoms with Crippen molar-refractivity contribution in [3.05, 3.63) is 29.3 Å². The van der Waals surface area contributed by atoms with Crippen molar-refractivity contribution < 1.29 is 4.79 Å². The molecule has 3 nitrogen and oxygen atoms in total. The monoisotopic (exact) mass is 288 g/mol. The van der Waals surface area contributed by atoms with Gasteiger partial charge < -0.3 is 5.32 Å². The van der Waals surface area contributed by atoms with Crippen LogP contribution in [0.1, 0.15) is 43.7 Å². The van der Waals surface area contributed by atoms with E-state index in [1.54, 1.807) is 0 Å². The molecule has 0 atom stereocenters. The largest absolute Gasteiger partial charge is 0.325 e. The lowest BCUT2D eigenvalue weighted by atomic mass is 9.87. The summed E-state index contributed by atoms with van der Waals surface area (Å²) in [6.07, 6.45) is 5.00. The first-order valence-electron chi connectivity index (χ1n) is 8.03. The van der Waals surface area contributed by atoms with E-state index in [-0.39, 0.29) is 5.91 Å². The van der Waals surface area contributed by atoms with Gasteiger partial charge in [-0.3, -0.25) is 9.69 Å². The molecule has 3 heteroatoms. The van der Waals surface area contributed by atoms with Crippen molar-refractivity contribution in [3.63, 3.8) is 0 Å². The Kier molecular flexibility index (Phi) is 5.40. The molecule has 0 bridgehead atoms. The Morgan fingerprint density at radius 1 is 1.24 bits per heavy atom. The van der Waals surface area contributed by atoms with E-state index >= 15 is 0 Å². The number of nitrogens with zero attached hydrogens (tertiary/aromatic N) is 1. The number of hydrogen-bond acceptors (Lipinski definition) is 2. The predicted octanol–water partition coefficient (Wildman–Crippen LogP) is 3.75. The summed E-state index contributed by atoms with van der Waals surface area (Å²) in [5, 5.41) is 3.05. The first kappa shape index (κ1) is 16.0. The molecule has 1 aromatic carbocycles. The molecule has 1 fully saturated rings. The molecular weight excluding hydrogens is 260 g/mol. The average molecular weight is 288 g/mol. The molecule has 1 amide bonds. The molecule has 0 aromatic heterocycles. The maximum Gasteiger partial charge on any atom is 0.238 e. The molecule has 0 spiro atoms. The molecule has 1 aliphatic carbocycles. The third-order valence-corrected chi connectivity index (χ3v) is 4.67. The quantitative estimate of drug-likeness (QED) is 0.915. The van der Waals surface area contributed by atoms with Gasteiger partial charge in [0.1, 0.15) is 0 Å². The van der Waals surface area contributed by atoms with Crippen LogP contribution in [0.15, 0.2) is 18.2 Å². The second-order valence-electron chi connectivity index (χ2n) is 6.70. The van der Waals surface area contributed by atoms with E-state index in [1.165, 1.54) is 31.2 Å². The molecule has 116 valence electrons. The summed E-state index contributed by atoms with van der Waals surface area (Å²) in [7, 11) is 2.07. The van der Waals surface area contributed by atoms with Crippen LogP contribution in [-0.4, -0.2) is 30.4 Å². The number of hydrogen-bond donors (Lipinski definition) is 1. The molecule has 21 heavy (non-hydrogen) atoms. The van der Waals surface area contributed by atoms with Crippen LogP contribution in [0.25, 0.3) is 0 Å². The SMILES string of the molecule is Cc1ccc(C)c(NC(=O)CN(C)C2CCC(C)CC2)c1. The van der Waals surface area contributed by atoms with E-state index in [2.05, 4.69) is 36.3 Å². The summed E-state index contributed by atoms with van der Waals surface area (Å²) in [5.74, 6) is 0.934. The van der Waals surface area contributed by atoms with Crippen LogP contribution in [0.2, 0.25) is 0 Å². The van der Waals surface area contributed by atoms with E-state index in [4.69, 9.17) is 0 Å². The Balaban J connectivity index is 1.88. The van der Waals surface area contributed by atoms with Crippen molar-refractivity contribution in [3.8, 4) is 0 Å². The van der Waals surface area contributed by atoms with Crippen molar-refractivity contribution in [1.82, 2.24) is 4.90 Å². The molecular formula is C18H28N2O. The minimum atomic E-state index is 0.0878. The normalized spacial score (nSPS) is 22.3. The second-order valence-corrected chi connectivity index (χ2v) is 6.70. The van der Waals surface area contributed by atoms with Gasteiger partial charge in [-0.1, -0.05) is 19.1 Å². The van der Waals surface area contributed by atoms with Gasteiger partial charge >= 0.3 is 0 Å². The molecule has 0 radical (unpaired) electrons. The molecule has 0 unspecified atom stereocenters. The van der Waals surface area contributed by atoms with Crippen molar-refractivity contribution in [2.45, 2.75) is 52.5 Å². The lowest BCUT2D eigenvalue weighted by Gasteiger charge is -2.33. The van der Waals surface area contributed by atoms with Gasteiger partial charge in [-0.15, -0.1) is 0 Å². The minimum Gasteiger partial charge on any atom is -0.325 e. The number of likely N-dealkylation sites (N-methyl/N-ethyl adjacent to an activating group) is 1. The fraction of sp³-hybridized carbons (Fsp3) is 0.611. The number of nitrogens with one attached hydrogen (secondary N) is 1. The fourth-order valence-corrected chi connectivity index (χ4v) is 3.10. The van der Waals surface area contributed by atoms with Crippen LogP contribution >= 0.6 is 0 Å². The van der Waals surface area contributed by atoms with E-state index < -0.39 is 0 Å². The van der Waals surface area contributed by atoms with Crippen molar-refractivity contribution in [2.75, 3.05) is 18.9 Å². The Bertz CT molecular complexity index is 490. The molecule has 1 saturated carbocycles. The molecule has 0 saturated heterocycles. The van der Waals surface area contributed by atoms with E-state index in [0.29, 0.717) is 12.6 Å². The van der Waals surface area contributed by atoms with E-state index in [0.717, 1.165) is 17.2 Å². The maximum atomic E-state index is 12.2. The molecule has 1 N–H and O–H groups in total. The van der Waals surface area contributed by atoms with Crippen molar-refractivity contribution >= 4 is 11.6 Å². The minimum absolute atomic E-state index is 0.0878. The Morgan fingerprint density at radius 3 is 2.57 bits per heavy atom. The molecule has 0 aliphatic heterocycles. The summed E-state index contributed by atoms with van der Waals surface area (Å²) < 4.78 is 0. The lowest BCUT2D eigenvalue weighted by Crippen LogP contribution is -2.39. The number of anilines is 1. The van der Waals surface area contributed by atoms with Crippen molar-refractivity contribution in [1.29, 1.82) is 0 Å². The zero-order chi connectivity index (χ0) is 15.4. The summed E-state index contributed by atoms with van der Waals surface area (Å²) >= 11 is 0. The Labute approximate surface area is 128 Å². The average Bonchev–Trinajstić information content (AvgIpc) is 2.43. The van der Waals surface area contributed by atoms with Crippen LogP contribution in [0, 0.1) is 19.8 Å². The van der Waals surface area contributed by atoms with E-state index in [9.17, 15) is 4.79 Å². The first-order chi connectivity index (χ1) is 9.95. The second kappa shape index (κ2) is 7.08. The predicted molar refractivity (Wildman–Crippen MR) is 88.6 cm³/mol. The molecule has 0 heterocycles. The zero-order valence-electron chi connectivity index (χ0n) is 13.8. The van der Waals surface area contributed by atoms with Gasteiger partial charge in [-0.2, -0.15) is 0 Å². The number of aryl methyl sites for hydroxylation is 2. The Hall–Kier alpha value is -1.35. The summed E-state index contributed by atoms with van der Waals surface area (Å²) in [6.45, 7) is 6.88. The highest BCUT2D eigenvalue weighted by atomic mass is 16.2. The third kappa shape index (κ3) is 4.57. The van der Waals surface area contributed by atoms with Crippen LogP contribution in [-0.2, 0) is 4.79 Å². The van der Waals surface area contributed by atoms with Gasteiger partial charge in [-0.25, -0.2) is 0 Å². The van der Waals surface area contributed by atoms with Gasteiger partial charge in [0.05, 0.1) is 6.54 Å². The lowest BCUT2D eigenvalue weighted by molar-refractivity contribution is -0.117. The fourth-order valence-electron chi connectivity index (χ4n) is 3.10. The van der Waals surface area contributed by atoms with Gasteiger partial charge in [0.2, 0.25) is 5.91 Å². The first-order valence-corrected chi connectivity index (χ1v) is 8.03. The van der Waals surface area contributed by atoms with E-state index in [1.807, 2.05) is 19.9 Å². The highest BCUT2D eigenvalue weighted by molar-refractivity contribution is 5.93.